The van der Waals surface area contributed by atoms with Gasteiger partial charge in [-0.1, -0.05) is 0 Å². The van der Waals surface area contributed by atoms with Crippen molar-refractivity contribution in [1.29, 1.82) is 0 Å². The maximum absolute atomic E-state index is 5.47. The molecule has 2 aromatic rings. The number of hydrogen-bond acceptors (Lipinski definition) is 5. The molecule has 0 aliphatic rings. The van der Waals surface area contributed by atoms with Gasteiger partial charge in [-0.2, -0.15) is 0 Å². The predicted octanol–water partition coefficient (Wildman–Crippen LogP) is 0.817. The predicted molar refractivity (Wildman–Crippen MR) is 54.5 cm³/mol. The first-order valence-electron chi connectivity index (χ1n) is 4.64. The molecule has 0 aliphatic carbocycles. The van der Waals surface area contributed by atoms with Crippen LogP contribution in [0.4, 0.5) is 0 Å². The zero-order chi connectivity index (χ0) is 10.5. The Morgan fingerprint density at radius 2 is 2.40 bits per heavy atom. The van der Waals surface area contributed by atoms with Crippen LogP contribution in [0.3, 0.4) is 0 Å². The van der Waals surface area contributed by atoms with E-state index in [4.69, 9.17) is 10.3 Å². The Bertz CT molecular complexity index is 387. The molecule has 3 N–H and O–H groups in total. The Labute approximate surface area is 87.3 Å². The molecule has 0 aromatic carbocycles. The minimum atomic E-state index is -0.0563. The molecule has 2 heterocycles. The summed E-state index contributed by atoms with van der Waals surface area (Å²) in [5.74, 6) is 6.34. The highest BCUT2D eigenvalue weighted by Crippen LogP contribution is 2.14. The van der Waals surface area contributed by atoms with Crippen LogP contribution < -0.4 is 11.3 Å². The molecule has 2 rings (SSSR count). The van der Waals surface area contributed by atoms with Gasteiger partial charge in [0.15, 0.2) is 0 Å². The molecule has 0 saturated carbocycles. The van der Waals surface area contributed by atoms with Crippen LogP contribution in [0.25, 0.3) is 0 Å². The number of nitrogens with two attached hydrogens (primary N) is 1. The Hall–Kier alpha value is -1.72. The second kappa shape index (κ2) is 4.68. The van der Waals surface area contributed by atoms with Crippen LogP contribution in [0.5, 0.6) is 0 Å². The first-order valence-corrected chi connectivity index (χ1v) is 4.64. The summed E-state index contributed by atoms with van der Waals surface area (Å²) >= 11 is 0. The van der Waals surface area contributed by atoms with E-state index in [0.29, 0.717) is 6.42 Å². The molecule has 5 heteroatoms. The van der Waals surface area contributed by atoms with Gasteiger partial charge in [0, 0.05) is 12.6 Å². The third-order valence-corrected chi connectivity index (χ3v) is 2.15. The van der Waals surface area contributed by atoms with Gasteiger partial charge in [-0.05, 0) is 18.2 Å². The third-order valence-electron chi connectivity index (χ3n) is 2.15. The van der Waals surface area contributed by atoms with Crippen LogP contribution in [0.15, 0.2) is 41.4 Å². The van der Waals surface area contributed by atoms with E-state index in [1.54, 1.807) is 12.5 Å². The largest absolute Gasteiger partial charge is 0.469 e. The lowest BCUT2D eigenvalue weighted by Gasteiger charge is -2.12. The average molecular weight is 204 g/mol. The van der Waals surface area contributed by atoms with Gasteiger partial charge in [0.25, 0.3) is 0 Å². The molecule has 5 nitrogen and oxygen atoms in total. The monoisotopic (exact) mass is 204 g/mol. The summed E-state index contributed by atoms with van der Waals surface area (Å²) < 4.78 is 5.25. The summed E-state index contributed by atoms with van der Waals surface area (Å²) in [6, 6.07) is 5.53. The summed E-state index contributed by atoms with van der Waals surface area (Å²) in [6.07, 6.45) is 5.50. The van der Waals surface area contributed by atoms with Crippen molar-refractivity contribution >= 4 is 0 Å². The Balaban J connectivity index is 2.12. The number of rotatable bonds is 4. The molecule has 0 amide bonds. The van der Waals surface area contributed by atoms with Gasteiger partial charge < -0.3 is 4.42 Å². The lowest BCUT2D eigenvalue weighted by molar-refractivity contribution is 0.449. The Morgan fingerprint density at radius 1 is 1.47 bits per heavy atom. The molecule has 0 radical (unpaired) electrons. The van der Waals surface area contributed by atoms with Crippen molar-refractivity contribution in [2.45, 2.75) is 12.5 Å². The SMILES string of the molecule is NNC(Cc1ccco1)c1ccncn1. The Morgan fingerprint density at radius 3 is 3.00 bits per heavy atom. The van der Waals surface area contributed by atoms with Crippen LogP contribution >= 0.6 is 0 Å². The fraction of sp³-hybridized carbons (Fsp3) is 0.200. The van der Waals surface area contributed by atoms with Gasteiger partial charge in [0.2, 0.25) is 0 Å². The summed E-state index contributed by atoms with van der Waals surface area (Å²) in [6.45, 7) is 0. The summed E-state index contributed by atoms with van der Waals surface area (Å²) in [5.41, 5.74) is 3.56. The Kier molecular flexibility index (Phi) is 3.06. The van der Waals surface area contributed by atoms with Crippen molar-refractivity contribution in [3.8, 4) is 0 Å². The molecule has 0 saturated heterocycles. The molecule has 2 aromatic heterocycles. The van der Waals surface area contributed by atoms with Crippen LogP contribution in [-0.4, -0.2) is 9.97 Å². The molecule has 0 aliphatic heterocycles. The fourth-order valence-electron chi connectivity index (χ4n) is 1.39. The molecule has 0 fully saturated rings. The zero-order valence-electron chi connectivity index (χ0n) is 8.13. The first kappa shape index (κ1) is 9.82. The number of aromatic nitrogens is 2. The maximum atomic E-state index is 5.47. The fourth-order valence-corrected chi connectivity index (χ4v) is 1.39. The number of nitrogens with zero attached hydrogens (tertiary/aromatic N) is 2. The van der Waals surface area contributed by atoms with E-state index in [2.05, 4.69) is 15.4 Å². The molecule has 0 bridgehead atoms. The molecule has 15 heavy (non-hydrogen) atoms. The van der Waals surface area contributed by atoms with Crippen LogP contribution in [0.2, 0.25) is 0 Å². The van der Waals surface area contributed by atoms with E-state index >= 15 is 0 Å². The van der Waals surface area contributed by atoms with Crippen LogP contribution in [0, 0.1) is 0 Å². The van der Waals surface area contributed by atoms with Crippen LogP contribution in [-0.2, 0) is 6.42 Å². The highest BCUT2D eigenvalue weighted by molar-refractivity contribution is 5.09. The van der Waals surface area contributed by atoms with Gasteiger partial charge in [-0.15, -0.1) is 0 Å². The molecular formula is C10H12N4O. The highest BCUT2D eigenvalue weighted by Gasteiger charge is 2.12. The third kappa shape index (κ3) is 2.39. The summed E-state index contributed by atoms with van der Waals surface area (Å²) in [4.78, 5) is 7.99. The topological polar surface area (TPSA) is 77.0 Å². The van der Waals surface area contributed by atoms with Crippen molar-refractivity contribution in [3.63, 3.8) is 0 Å². The van der Waals surface area contributed by atoms with E-state index in [1.807, 2.05) is 18.2 Å². The molecule has 78 valence electrons. The molecule has 1 unspecified atom stereocenters. The smallest absolute Gasteiger partial charge is 0.115 e. The summed E-state index contributed by atoms with van der Waals surface area (Å²) in [5, 5.41) is 0. The van der Waals surface area contributed by atoms with E-state index in [1.165, 1.54) is 6.33 Å². The molecule has 1 atom stereocenters. The van der Waals surface area contributed by atoms with Gasteiger partial charge in [-0.25, -0.2) is 9.97 Å². The van der Waals surface area contributed by atoms with Crippen molar-refractivity contribution < 1.29 is 4.42 Å². The second-order valence-electron chi connectivity index (χ2n) is 3.14. The number of nitrogens with one attached hydrogen (secondary N) is 1. The van der Waals surface area contributed by atoms with Gasteiger partial charge >= 0.3 is 0 Å². The first-order chi connectivity index (χ1) is 7.40. The minimum Gasteiger partial charge on any atom is -0.469 e. The number of furan rings is 1. The molecule has 0 spiro atoms. The van der Waals surface area contributed by atoms with E-state index in [9.17, 15) is 0 Å². The standard InChI is InChI=1S/C10H12N4O/c11-14-10(6-8-2-1-5-15-8)9-3-4-12-7-13-9/h1-5,7,10,14H,6,11H2. The molecular weight excluding hydrogens is 192 g/mol. The van der Waals surface area contributed by atoms with E-state index < -0.39 is 0 Å². The lowest BCUT2D eigenvalue weighted by atomic mass is 10.1. The number of hydrazine groups is 1. The van der Waals surface area contributed by atoms with Gasteiger partial charge in [0.1, 0.15) is 12.1 Å². The normalized spacial score (nSPS) is 12.6. The second-order valence-corrected chi connectivity index (χ2v) is 3.14. The lowest BCUT2D eigenvalue weighted by Crippen LogP contribution is -2.30. The minimum absolute atomic E-state index is 0.0563. The zero-order valence-corrected chi connectivity index (χ0v) is 8.13. The average Bonchev–Trinajstić information content (AvgIpc) is 2.80. The van der Waals surface area contributed by atoms with E-state index in [-0.39, 0.29) is 6.04 Å². The van der Waals surface area contributed by atoms with Crippen molar-refractivity contribution in [2.24, 2.45) is 5.84 Å². The van der Waals surface area contributed by atoms with Crippen molar-refractivity contribution in [1.82, 2.24) is 15.4 Å². The van der Waals surface area contributed by atoms with Crippen LogP contribution in [0.1, 0.15) is 17.5 Å². The highest BCUT2D eigenvalue weighted by atomic mass is 16.3. The van der Waals surface area contributed by atoms with Crippen molar-refractivity contribution in [3.05, 3.63) is 48.4 Å². The summed E-state index contributed by atoms with van der Waals surface area (Å²) in [7, 11) is 0. The quantitative estimate of drug-likeness (QED) is 0.569. The van der Waals surface area contributed by atoms with Gasteiger partial charge in [-0.3, -0.25) is 11.3 Å². The van der Waals surface area contributed by atoms with Crippen molar-refractivity contribution in [2.75, 3.05) is 0 Å². The maximum Gasteiger partial charge on any atom is 0.115 e. The van der Waals surface area contributed by atoms with E-state index in [0.717, 1.165) is 11.5 Å². The number of hydrogen-bond donors (Lipinski definition) is 2. The van der Waals surface area contributed by atoms with Gasteiger partial charge in [0.05, 0.1) is 18.0 Å².